The van der Waals surface area contributed by atoms with Crippen molar-refractivity contribution in [1.82, 2.24) is 5.32 Å². The van der Waals surface area contributed by atoms with Crippen LogP contribution in [0, 0.1) is 0 Å². The predicted octanol–water partition coefficient (Wildman–Crippen LogP) is 3.05. The van der Waals surface area contributed by atoms with Crippen molar-refractivity contribution >= 4 is 5.78 Å². The number of hydrogen-bond acceptors (Lipinski definition) is 4. The minimum atomic E-state index is -0.588. The lowest BCUT2D eigenvalue weighted by Gasteiger charge is -2.22. The molecule has 24 heavy (non-hydrogen) atoms. The van der Waals surface area contributed by atoms with Gasteiger partial charge >= 0.3 is 0 Å². The largest absolute Gasteiger partial charge is 0.491 e. The van der Waals surface area contributed by atoms with Crippen LogP contribution in [0.15, 0.2) is 54.6 Å². The van der Waals surface area contributed by atoms with Crippen LogP contribution in [0.25, 0.3) is 0 Å². The third-order valence-electron chi connectivity index (χ3n) is 3.46. The van der Waals surface area contributed by atoms with E-state index in [1.165, 1.54) is 0 Å². The number of aliphatic hydroxyl groups is 1. The molecule has 0 spiro atoms. The van der Waals surface area contributed by atoms with E-state index < -0.39 is 6.10 Å². The maximum atomic E-state index is 12.3. The Bertz CT molecular complexity index is 645. The second kappa shape index (κ2) is 8.08. The zero-order chi connectivity index (χ0) is 17.6. The van der Waals surface area contributed by atoms with Crippen LogP contribution in [-0.2, 0) is 0 Å². The van der Waals surface area contributed by atoms with Gasteiger partial charge in [0.1, 0.15) is 18.5 Å². The van der Waals surface area contributed by atoms with Crippen LogP contribution in [0.5, 0.6) is 5.75 Å². The Kier molecular flexibility index (Phi) is 6.12. The highest BCUT2D eigenvalue weighted by Gasteiger charge is 2.13. The van der Waals surface area contributed by atoms with Crippen molar-refractivity contribution in [3.8, 4) is 5.75 Å². The van der Waals surface area contributed by atoms with Gasteiger partial charge in [0.15, 0.2) is 5.78 Å². The number of β-amino-alcohol motifs (C(OH)–C–C–N with tert-alkyl or cyclic N) is 1. The summed E-state index contributed by atoms with van der Waals surface area (Å²) in [7, 11) is 0. The number of carbonyl (C=O) groups excluding carboxylic acids is 1. The first-order chi connectivity index (χ1) is 11.3. The van der Waals surface area contributed by atoms with Crippen LogP contribution in [0.4, 0.5) is 0 Å². The predicted molar refractivity (Wildman–Crippen MR) is 95.6 cm³/mol. The molecule has 0 bridgehead atoms. The van der Waals surface area contributed by atoms with E-state index >= 15 is 0 Å². The minimum Gasteiger partial charge on any atom is -0.491 e. The zero-order valence-electron chi connectivity index (χ0n) is 14.5. The molecular weight excluding hydrogens is 302 g/mol. The van der Waals surface area contributed by atoms with Gasteiger partial charge in [-0.05, 0) is 45.0 Å². The van der Waals surface area contributed by atoms with Crippen molar-refractivity contribution < 1.29 is 14.6 Å². The Balaban J connectivity index is 1.87. The van der Waals surface area contributed by atoms with Crippen LogP contribution in [0.1, 0.15) is 36.7 Å². The quantitative estimate of drug-likeness (QED) is 0.768. The molecule has 0 heterocycles. The van der Waals surface area contributed by atoms with Gasteiger partial charge in [-0.25, -0.2) is 0 Å². The lowest BCUT2D eigenvalue weighted by atomic mass is 10.0. The van der Waals surface area contributed by atoms with E-state index in [4.69, 9.17) is 4.74 Å². The monoisotopic (exact) mass is 327 g/mol. The van der Waals surface area contributed by atoms with E-state index in [1.54, 1.807) is 36.4 Å². The zero-order valence-corrected chi connectivity index (χ0v) is 14.5. The molecule has 0 aliphatic rings. The summed E-state index contributed by atoms with van der Waals surface area (Å²) in [5.41, 5.74) is 1.24. The number of hydrogen-bond donors (Lipinski definition) is 2. The van der Waals surface area contributed by atoms with Crippen LogP contribution >= 0.6 is 0 Å². The Morgan fingerprint density at radius 3 is 2.21 bits per heavy atom. The standard InChI is InChI=1S/C20H25NO3/c1-20(2,3)21-13-17(22)14-24-18-11-9-16(10-12-18)19(23)15-7-5-4-6-8-15/h4-12,17,21-22H,13-14H2,1-3H3/t17-/m1/s1. The fourth-order valence-corrected chi connectivity index (χ4v) is 2.13. The van der Waals surface area contributed by atoms with Gasteiger partial charge in [-0.3, -0.25) is 4.79 Å². The number of aliphatic hydroxyl groups excluding tert-OH is 1. The number of nitrogens with one attached hydrogen (secondary N) is 1. The molecule has 0 amide bonds. The lowest BCUT2D eigenvalue weighted by Crippen LogP contribution is -2.42. The molecule has 0 aliphatic heterocycles. The second-order valence-electron chi connectivity index (χ2n) is 6.82. The Hall–Kier alpha value is -2.17. The summed E-state index contributed by atoms with van der Waals surface area (Å²) in [6.45, 7) is 6.80. The normalized spacial score (nSPS) is 12.7. The number of carbonyl (C=O) groups is 1. The topological polar surface area (TPSA) is 58.6 Å². The maximum absolute atomic E-state index is 12.3. The number of rotatable bonds is 7. The van der Waals surface area contributed by atoms with Gasteiger partial charge in [-0.2, -0.15) is 0 Å². The molecule has 4 heteroatoms. The molecule has 2 aromatic rings. The third kappa shape index (κ3) is 5.80. The minimum absolute atomic E-state index is 0.0171. The average molecular weight is 327 g/mol. The second-order valence-corrected chi connectivity index (χ2v) is 6.82. The van der Waals surface area contributed by atoms with Gasteiger partial charge in [0.25, 0.3) is 0 Å². The molecule has 1 atom stereocenters. The molecule has 0 fully saturated rings. The Morgan fingerprint density at radius 1 is 1.04 bits per heavy atom. The molecule has 0 radical (unpaired) electrons. The number of benzene rings is 2. The molecule has 0 aromatic heterocycles. The molecular formula is C20H25NO3. The highest BCUT2D eigenvalue weighted by molar-refractivity contribution is 6.08. The smallest absolute Gasteiger partial charge is 0.193 e. The first-order valence-corrected chi connectivity index (χ1v) is 8.11. The van der Waals surface area contributed by atoms with Gasteiger partial charge in [-0.15, -0.1) is 0 Å². The van der Waals surface area contributed by atoms with Crippen LogP contribution in [-0.4, -0.2) is 35.7 Å². The lowest BCUT2D eigenvalue weighted by molar-refractivity contribution is 0.0998. The SMILES string of the molecule is CC(C)(C)NC[C@@H](O)COc1ccc(C(=O)c2ccccc2)cc1. The molecule has 2 rings (SSSR count). The van der Waals surface area contributed by atoms with Gasteiger partial charge in [0, 0.05) is 23.2 Å². The van der Waals surface area contributed by atoms with E-state index in [2.05, 4.69) is 5.32 Å². The van der Waals surface area contributed by atoms with E-state index in [0.717, 1.165) is 0 Å². The van der Waals surface area contributed by atoms with Crippen molar-refractivity contribution in [3.05, 3.63) is 65.7 Å². The first-order valence-electron chi connectivity index (χ1n) is 8.11. The molecule has 0 aliphatic carbocycles. The van der Waals surface area contributed by atoms with Crippen LogP contribution in [0.2, 0.25) is 0 Å². The van der Waals surface area contributed by atoms with Gasteiger partial charge in [-0.1, -0.05) is 30.3 Å². The van der Waals surface area contributed by atoms with E-state index in [0.29, 0.717) is 23.4 Å². The highest BCUT2D eigenvalue weighted by atomic mass is 16.5. The van der Waals surface area contributed by atoms with Gasteiger partial charge < -0.3 is 15.2 Å². The summed E-state index contributed by atoms with van der Waals surface area (Å²) >= 11 is 0. The molecule has 0 saturated heterocycles. The number of ketones is 1. The maximum Gasteiger partial charge on any atom is 0.193 e. The summed E-state index contributed by atoms with van der Waals surface area (Å²) in [6, 6.07) is 16.1. The molecule has 0 saturated carbocycles. The molecule has 2 N–H and O–H groups in total. The Labute approximate surface area is 143 Å². The summed E-state index contributed by atoms with van der Waals surface area (Å²) < 4.78 is 5.57. The van der Waals surface area contributed by atoms with Gasteiger partial charge in [0.05, 0.1) is 0 Å². The fourth-order valence-electron chi connectivity index (χ4n) is 2.13. The van der Waals surface area contributed by atoms with Crippen LogP contribution < -0.4 is 10.1 Å². The molecule has 128 valence electrons. The molecule has 2 aromatic carbocycles. The summed E-state index contributed by atoms with van der Waals surface area (Å²) in [5, 5.41) is 13.1. The molecule has 0 unspecified atom stereocenters. The molecule has 4 nitrogen and oxygen atoms in total. The summed E-state index contributed by atoms with van der Waals surface area (Å²) in [5.74, 6) is 0.617. The van der Waals surface area contributed by atoms with Crippen molar-refractivity contribution in [2.45, 2.75) is 32.4 Å². The Morgan fingerprint density at radius 2 is 1.62 bits per heavy atom. The van der Waals surface area contributed by atoms with E-state index in [9.17, 15) is 9.90 Å². The van der Waals surface area contributed by atoms with Crippen molar-refractivity contribution in [3.63, 3.8) is 0 Å². The van der Waals surface area contributed by atoms with E-state index in [1.807, 2.05) is 39.0 Å². The van der Waals surface area contributed by atoms with Crippen LogP contribution in [0.3, 0.4) is 0 Å². The average Bonchev–Trinajstić information content (AvgIpc) is 2.58. The summed E-state index contributed by atoms with van der Waals surface area (Å²) in [6.07, 6.45) is -0.588. The summed E-state index contributed by atoms with van der Waals surface area (Å²) in [4.78, 5) is 12.3. The highest BCUT2D eigenvalue weighted by Crippen LogP contribution is 2.15. The number of ether oxygens (including phenoxy) is 1. The first kappa shape index (κ1) is 18.2. The van der Waals surface area contributed by atoms with Crippen molar-refractivity contribution in [2.24, 2.45) is 0 Å². The fraction of sp³-hybridized carbons (Fsp3) is 0.350. The third-order valence-corrected chi connectivity index (χ3v) is 3.46. The van der Waals surface area contributed by atoms with Crippen molar-refractivity contribution in [2.75, 3.05) is 13.2 Å². The van der Waals surface area contributed by atoms with E-state index in [-0.39, 0.29) is 17.9 Å². The van der Waals surface area contributed by atoms with Gasteiger partial charge in [0.2, 0.25) is 0 Å². The van der Waals surface area contributed by atoms with Crippen molar-refractivity contribution in [1.29, 1.82) is 0 Å².